The van der Waals surface area contributed by atoms with Gasteiger partial charge in [0.2, 0.25) is 0 Å². The molecule has 9 heteroatoms. The van der Waals surface area contributed by atoms with Crippen LogP contribution in [-0.2, 0) is 6.18 Å². The Morgan fingerprint density at radius 3 is 2.62 bits per heavy atom. The number of rotatable bonds is 3. The second kappa shape index (κ2) is 5.98. The van der Waals surface area contributed by atoms with E-state index in [1.54, 1.807) is 0 Å². The lowest BCUT2D eigenvalue weighted by atomic mass is 10.2. The van der Waals surface area contributed by atoms with Gasteiger partial charge >= 0.3 is 12.1 Å². The summed E-state index contributed by atoms with van der Waals surface area (Å²) in [5.74, 6) is -1.14. The van der Waals surface area contributed by atoms with E-state index < -0.39 is 17.7 Å². The quantitative estimate of drug-likeness (QED) is 0.783. The van der Waals surface area contributed by atoms with Crippen molar-refractivity contribution in [1.29, 1.82) is 0 Å². The van der Waals surface area contributed by atoms with Gasteiger partial charge < -0.3 is 5.11 Å². The van der Waals surface area contributed by atoms with E-state index in [9.17, 15) is 18.0 Å². The molecule has 1 N–H and O–H groups in total. The molecular formula is C12H7BrF3NO2S2. The summed E-state index contributed by atoms with van der Waals surface area (Å²) in [4.78, 5) is 14.9. The lowest BCUT2D eigenvalue weighted by Gasteiger charge is -2.11. The monoisotopic (exact) mass is 397 g/mol. The minimum absolute atomic E-state index is 0.0254. The predicted octanol–water partition coefficient (Wildman–Crippen LogP) is 5.08. The van der Waals surface area contributed by atoms with Crippen molar-refractivity contribution in [3.05, 3.63) is 38.8 Å². The van der Waals surface area contributed by atoms with Crippen molar-refractivity contribution >= 4 is 45.0 Å². The van der Waals surface area contributed by atoms with Crippen LogP contribution in [0.1, 0.15) is 20.9 Å². The molecule has 0 amide bonds. The number of alkyl halides is 3. The van der Waals surface area contributed by atoms with Gasteiger partial charge in [-0.05, 0) is 25.1 Å². The fourth-order valence-corrected chi connectivity index (χ4v) is 4.21. The Balaban J connectivity index is 2.42. The molecule has 0 radical (unpaired) electrons. The Bertz CT molecular complexity index is 700. The first-order chi connectivity index (χ1) is 9.68. The molecule has 0 unspecified atom stereocenters. The van der Waals surface area contributed by atoms with Crippen LogP contribution >= 0.6 is 39.0 Å². The third-order valence-electron chi connectivity index (χ3n) is 2.42. The number of hydrogen-bond acceptors (Lipinski definition) is 4. The van der Waals surface area contributed by atoms with Crippen LogP contribution in [0.25, 0.3) is 0 Å². The van der Waals surface area contributed by atoms with E-state index in [0.29, 0.717) is 10.2 Å². The smallest absolute Gasteiger partial charge is 0.417 e. The lowest BCUT2D eigenvalue weighted by Crippen LogP contribution is -2.06. The second-order valence-electron chi connectivity index (χ2n) is 3.94. The van der Waals surface area contributed by atoms with Gasteiger partial charge in [0, 0.05) is 9.37 Å². The van der Waals surface area contributed by atoms with Gasteiger partial charge in [-0.3, -0.25) is 0 Å². The minimum atomic E-state index is -4.48. The topological polar surface area (TPSA) is 50.2 Å². The molecule has 1 heterocycles. The van der Waals surface area contributed by atoms with Gasteiger partial charge in [-0.1, -0.05) is 27.7 Å². The summed E-state index contributed by atoms with van der Waals surface area (Å²) in [5, 5.41) is 8.95. The number of carboxylic acids is 1. The number of aromatic nitrogens is 1. The third kappa shape index (κ3) is 3.78. The molecule has 0 bridgehead atoms. The number of thiazole rings is 1. The number of aromatic carboxylic acids is 1. The molecule has 0 saturated carbocycles. The fourth-order valence-electron chi connectivity index (χ4n) is 1.52. The molecule has 0 atom stereocenters. The average molecular weight is 398 g/mol. The highest BCUT2D eigenvalue weighted by Crippen LogP contribution is 2.42. The number of halogens is 4. The van der Waals surface area contributed by atoms with Crippen LogP contribution in [0.5, 0.6) is 0 Å². The molecule has 112 valence electrons. The maximum atomic E-state index is 13.0. The summed E-state index contributed by atoms with van der Waals surface area (Å²) in [6.07, 6.45) is -4.48. The van der Waals surface area contributed by atoms with Crippen molar-refractivity contribution in [2.24, 2.45) is 0 Å². The van der Waals surface area contributed by atoms with E-state index in [0.717, 1.165) is 29.2 Å². The first-order valence-corrected chi connectivity index (χ1v) is 7.86. The van der Waals surface area contributed by atoms with Crippen LogP contribution in [0.15, 0.2) is 31.9 Å². The number of hydrogen-bond donors (Lipinski definition) is 1. The summed E-state index contributed by atoms with van der Waals surface area (Å²) in [6.45, 7) is 1.51. The standard InChI is InChI=1S/C12H7BrF3NO2S2/c1-5-9(10(18)19)21-11(17-5)20-8-4-6(13)2-3-7(8)12(14,15)16/h2-4H,1H3,(H,18,19). The van der Waals surface area contributed by atoms with Crippen molar-refractivity contribution in [3.8, 4) is 0 Å². The summed E-state index contributed by atoms with van der Waals surface area (Å²) in [5.41, 5.74) is -0.487. The van der Waals surface area contributed by atoms with Gasteiger partial charge in [-0.15, -0.1) is 11.3 Å². The maximum Gasteiger partial charge on any atom is 0.417 e. The number of aryl methyl sites for hydroxylation is 1. The normalized spacial score (nSPS) is 11.7. The first-order valence-electron chi connectivity index (χ1n) is 5.44. The van der Waals surface area contributed by atoms with Gasteiger partial charge in [0.05, 0.1) is 11.3 Å². The lowest BCUT2D eigenvalue weighted by molar-refractivity contribution is -0.139. The van der Waals surface area contributed by atoms with E-state index in [4.69, 9.17) is 5.11 Å². The van der Waals surface area contributed by atoms with Crippen molar-refractivity contribution < 1.29 is 23.1 Å². The molecule has 0 fully saturated rings. The van der Waals surface area contributed by atoms with E-state index in [2.05, 4.69) is 20.9 Å². The number of carbonyl (C=O) groups is 1. The average Bonchev–Trinajstić information content (AvgIpc) is 2.68. The van der Waals surface area contributed by atoms with Gasteiger partial charge in [-0.25, -0.2) is 9.78 Å². The number of benzene rings is 1. The SMILES string of the molecule is Cc1nc(Sc2cc(Br)ccc2C(F)(F)F)sc1C(=O)O. The summed E-state index contributed by atoms with van der Waals surface area (Å²) in [7, 11) is 0. The molecule has 0 aliphatic carbocycles. The number of carboxylic acid groups (broad SMARTS) is 1. The molecule has 2 rings (SSSR count). The van der Waals surface area contributed by atoms with E-state index in [-0.39, 0.29) is 14.1 Å². The highest BCUT2D eigenvalue weighted by molar-refractivity contribution is 9.10. The van der Waals surface area contributed by atoms with Crippen molar-refractivity contribution in [2.45, 2.75) is 22.3 Å². The largest absolute Gasteiger partial charge is 0.477 e. The molecule has 0 aliphatic heterocycles. The Morgan fingerprint density at radius 2 is 2.10 bits per heavy atom. The minimum Gasteiger partial charge on any atom is -0.477 e. The molecule has 2 aromatic rings. The molecule has 0 saturated heterocycles. The second-order valence-corrected chi connectivity index (χ2v) is 7.14. The van der Waals surface area contributed by atoms with Gasteiger partial charge in [-0.2, -0.15) is 13.2 Å². The van der Waals surface area contributed by atoms with Crippen LogP contribution in [0.2, 0.25) is 0 Å². The molecule has 3 nitrogen and oxygen atoms in total. The van der Waals surface area contributed by atoms with Gasteiger partial charge in [0.25, 0.3) is 0 Å². The van der Waals surface area contributed by atoms with Crippen molar-refractivity contribution in [3.63, 3.8) is 0 Å². The molecule has 21 heavy (non-hydrogen) atoms. The van der Waals surface area contributed by atoms with Crippen LogP contribution in [0.4, 0.5) is 13.2 Å². The van der Waals surface area contributed by atoms with E-state index in [1.165, 1.54) is 19.1 Å². The highest BCUT2D eigenvalue weighted by Gasteiger charge is 2.34. The molecular weight excluding hydrogens is 391 g/mol. The van der Waals surface area contributed by atoms with Crippen LogP contribution < -0.4 is 0 Å². The molecule has 0 aliphatic rings. The predicted molar refractivity (Wildman–Crippen MR) is 77.1 cm³/mol. The fraction of sp³-hybridized carbons (Fsp3) is 0.167. The van der Waals surface area contributed by atoms with Crippen molar-refractivity contribution in [2.75, 3.05) is 0 Å². The Morgan fingerprint density at radius 1 is 1.43 bits per heavy atom. The van der Waals surface area contributed by atoms with Crippen LogP contribution in [0.3, 0.4) is 0 Å². The zero-order chi connectivity index (χ0) is 15.8. The Kier molecular flexibility index (Phi) is 4.64. The highest BCUT2D eigenvalue weighted by atomic mass is 79.9. The molecule has 1 aromatic carbocycles. The van der Waals surface area contributed by atoms with Gasteiger partial charge in [0.15, 0.2) is 4.34 Å². The Hall–Kier alpha value is -1.06. The number of nitrogens with zero attached hydrogens (tertiary/aromatic N) is 1. The Labute approximate surface area is 134 Å². The van der Waals surface area contributed by atoms with Gasteiger partial charge in [0.1, 0.15) is 4.88 Å². The van der Waals surface area contributed by atoms with E-state index in [1.807, 2.05) is 0 Å². The summed E-state index contributed by atoms with van der Waals surface area (Å²) < 4.78 is 39.6. The van der Waals surface area contributed by atoms with E-state index >= 15 is 0 Å². The van der Waals surface area contributed by atoms with Crippen LogP contribution in [-0.4, -0.2) is 16.1 Å². The summed E-state index contributed by atoms with van der Waals surface area (Å²) in [6, 6.07) is 3.62. The first kappa shape index (κ1) is 16.3. The maximum absolute atomic E-state index is 13.0. The molecule has 1 aromatic heterocycles. The zero-order valence-corrected chi connectivity index (χ0v) is 13.6. The third-order valence-corrected chi connectivity index (χ3v) is 5.17. The molecule has 0 spiro atoms. The zero-order valence-electron chi connectivity index (χ0n) is 10.4. The van der Waals surface area contributed by atoms with Crippen molar-refractivity contribution in [1.82, 2.24) is 4.98 Å². The van der Waals surface area contributed by atoms with Crippen LogP contribution in [0, 0.1) is 6.92 Å². The summed E-state index contributed by atoms with van der Waals surface area (Å²) >= 11 is 4.79.